The van der Waals surface area contributed by atoms with Crippen LogP contribution in [0.15, 0.2) is 220 Å². The number of furan rings is 2. The van der Waals surface area contributed by atoms with Crippen molar-refractivity contribution in [3.05, 3.63) is 222 Å². The summed E-state index contributed by atoms with van der Waals surface area (Å²) in [5.41, 5.74) is 15.3. The summed E-state index contributed by atoms with van der Waals surface area (Å²) in [6, 6.07) is 72.1. The number of fused-ring (bicyclic) bond motifs is 12. The molecule has 3 nitrogen and oxygen atoms in total. The maximum absolute atomic E-state index is 6.72. The Hall–Kier alpha value is -8.01. The molecule has 0 N–H and O–H groups in total. The summed E-state index contributed by atoms with van der Waals surface area (Å²) in [4.78, 5) is 5.73. The molecule has 10 aromatic carbocycles. The van der Waals surface area contributed by atoms with Crippen molar-refractivity contribution in [1.82, 2.24) is 0 Å². The topological polar surface area (TPSA) is 38.6 Å². The Balaban J connectivity index is 0.966. The smallest absolute Gasteiger partial charge is 0.136 e. The van der Waals surface area contributed by atoms with E-state index in [4.69, 9.17) is 13.8 Å². The minimum Gasteiger partial charge on any atom is -0.456 e. The molecule has 0 fully saturated rings. The third-order valence-electron chi connectivity index (χ3n) is 13.7. The summed E-state index contributed by atoms with van der Waals surface area (Å²) in [5.74, 6) is 0. The first-order chi connectivity index (χ1) is 31.7. The van der Waals surface area contributed by atoms with Crippen molar-refractivity contribution in [2.75, 3.05) is 0 Å². The molecule has 12 aromatic rings. The van der Waals surface area contributed by atoms with Gasteiger partial charge in [-0.3, -0.25) is 4.99 Å². The average molecular weight is 820 g/mol. The van der Waals surface area contributed by atoms with Gasteiger partial charge in [-0.1, -0.05) is 164 Å². The molecule has 302 valence electrons. The van der Waals surface area contributed by atoms with E-state index in [1.807, 2.05) is 12.1 Å². The second-order valence-corrected chi connectivity index (χ2v) is 17.2. The van der Waals surface area contributed by atoms with Gasteiger partial charge in [0.2, 0.25) is 0 Å². The van der Waals surface area contributed by atoms with E-state index < -0.39 is 0 Å². The molecule has 0 aliphatic carbocycles. The number of allylic oxidation sites excluding steroid dienone is 2. The molecular weight excluding hydrogens is 779 g/mol. The second kappa shape index (κ2) is 14.5. The minimum absolute atomic E-state index is 0.0297. The van der Waals surface area contributed by atoms with Gasteiger partial charge in [0.25, 0.3) is 0 Å². The largest absolute Gasteiger partial charge is 0.456 e. The Morgan fingerprint density at radius 1 is 0.391 bits per heavy atom. The first-order valence-electron chi connectivity index (χ1n) is 22.3. The standard InChI is InChI=1S/C61H41NO2/c1-37-41(32-33-54(62-61(37)38-15-3-2-4-16-38)40-29-31-49-46-20-7-6-18-44(46)45-19-8-10-22-48(45)52(49)36-40)43-17-5-9-21-47(43)51-25-14-28-58-60(51)59-42(24-13-27-57(59)64-58)39-30-34-56-53(35-39)50-23-11-12-26-55(50)63-56/h2-31,34-36,54H,32-33H2,1H3. The molecule has 0 saturated carbocycles. The van der Waals surface area contributed by atoms with E-state index in [9.17, 15) is 0 Å². The van der Waals surface area contributed by atoms with Crippen molar-refractivity contribution in [2.45, 2.75) is 25.8 Å². The van der Waals surface area contributed by atoms with Gasteiger partial charge >= 0.3 is 0 Å². The molecule has 1 atom stereocenters. The highest BCUT2D eigenvalue weighted by Gasteiger charge is 2.26. The van der Waals surface area contributed by atoms with E-state index in [2.05, 4.69) is 195 Å². The first kappa shape index (κ1) is 36.6. The number of aliphatic imine (C=N–C) groups is 1. The van der Waals surface area contributed by atoms with Crippen molar-refractivity contribution in [3.8, 4) is 22.3 Å². The fraction of sp³-hybridized carbons (Fsp3) is 0.0656. The van der Waals surface area contributed by atoms with E-state index in [1.165, 1.54) is 60.2 Å². The summed E-state index contributed by atoms with van der Waals surface area (Å²) in [5, 5.41) is 12.2. The Kier molecular flexibility index (Phi) is 8.32. The zero-order chi connectivity index (χ0) is 42.3. The lowest BCUT2D eigenvalue weighted by atomic mass is 9.85. The highest BCUT2D eigenvalue weighted by atomic mass is 16.3. The Morgan fingerprint density at radius 2 is 0.938 bits per heavy atom. The van der Waals surface area contributed by atoms with Gasteiger partial charge in [0, 0.05) is 21.5 Å². The molecule has 0 radical (unpaired) electrons. The fourth-order valence-corrected chi connectivity index (χ4v) is 10.7. The molecule has 3 heterocycles. The first-order valence-corrected chi connectivity index (χ1v) is 22.3. The Morgan fingerprint density at radius 3 is 1.69 bits per heavy atom. The number of para-hydroxylation sites is 1. The van der Waals surface area contributed by atoms with Crippen LogP contribution in [-0.2, 0) is 0 Å². The zero-order valence-corrected chi connectivity index (χ0v) is 35.3. The van der Waals surface area contributed by atoms with Crippen LogP contribution in [0.1, 0.15) is 42.5 Å². The monoisotopic (exact) mass is 819 g/mol. The lowest BCUT2D eigenvalue weighted by Gasteiger charge is -2.17. The van der Waals surface area contributed by atoms with E-state index >= 15 is 0 Å². The minimum atomic E-state index is -0.0297. The van der Waals surface area contributed by atoms with Gasteiger partial charge in [-0.25, -0.2) is 0 Å². The summed E-state index contributed by atoms with van der Waals surface area (Å²) in [6.45, 7) is 2.28. The van der Waals surface area contributed by atoms with Crippen LogP contribution in [0.2, 0.25) is 0 Å². The summed E-state index contributed by atoms with van der Waals surface area (Å²) in [6.07, 6.45) is 1.75. The molecule has 0 amide bonds. The van der Waals surface area contributed by atoms with Crippen LogP contribution < -0.4 is 0 Å². The van der Waals surface area contributed by atoms with Crippen LogP contribution in [0.3, 0.4) is 0 Å². The second-order valence-electron chi connectivity index (χ2n) is 17.2. The predicted molar refractivity (Wildman–Crippen MR) is 268 cm³/mol. The third kappa shape index (κ3) is 5.71. The highest BCUT2D eigenvalue weighted by molar-refractivity contribution is 6.26. The zero-order valence-electron chi connectivity index (χ0n) is 35.3. The van der Waals surface area contributed by atoms with Crippen LogP contribution in [-0.4, -0.2) is 5.71 Å². The molecule has 2 aromatic heterocycles. The van der Waals surface area contributed by atoms with Gasteiger partial charge in [-0.15, -0.1) is 0 Å². The van der Waals surface area contributed by atoms with Gasteiger partial charge in [-0.05, 0) is 139 Å². The average Bonchev–Trinajstić information content (AvgIpc) is 3.88. The van der Waals surface area contributed by atoms with Crippen molar-refractivity contribution < 1.29 is 8.83 Å². The maximum atomic E-state index is 6.72. The number of hydrogen-bond donors (Lipinski definition) is 0. The van der Waals surface area contributed by atoms with Crippen LogP contribution in [0.25, 0.3) is 104 Å². The molecule has 0 spiro atoms. The lowest BCUT2D eigenvalue weighted by molar-refractivity contribution is 0.669. The number of hydrogen-bond acceptors (Lipinski definition) is 3. The van der Waals surface area contributed by atoms with E-state index in [0.29, 0.717) is 0 Å². The molecule has 1 unspecified atom stereocenters. The van der Waals surface area contributed by atoms with Gasteiger partial charge in [0.15, 0.2) is 0 Å². The van der Waals surface area contributed by atoms with Crippen molar-refractivity contribution >= 4 is 87.5 Å². The van der Waals surface area contributed by atoms with E-state index in [0.717, 1.165) is 84.7 Å². The molecule has 0 bridgehead atoms. The number of nitrogens with zero attached hydrogens (tertiary/aromatic N) is 1. The summed E-state index contributed by atoms with van der Waals surface area (Å²) >= 11 is 0. The van der Waals surface area contributed by atoms with Crippen LogP contribution >= 0.6 is 0 Å². The summed E-state index contributed by atoms with van der Waals surface area (Å²) < 4.78 is 12.9. The molecule has 1 aliphatic rings. The van der Waals surface area contributed by atoms with Crippen LogP contribution in [0, 0.1) is 0 Å². The van der Waals surface area contributed by atoms with Crippen LogP contribution in [0.5, 0.6) is 0 Å². The molecular formula is C61H41NO2. The normalized spacial score (nSPS) is 14.7. The fourth-order valence-electron chi connectivity index (χ4n) is 10.7. The van der Waals surface area contributed by atoms with Gasteiger partial charge in [-0.2, -0.15) is 0 Å². The Labute approximate surface area is 370 Å². The Bertz CT molecular complexity index is 3880. The number of benzene rings is 10. The van der Waals surface area contributed by atoms with Crippen molar-refractivity contribution in [2.24, 2.45) is 4.99 Å². The van der Waals surface area contributed by atoms with E-state index in [1.54, 1.807) is 0 Å². The third-order valence-corrected chi connectivity index (χ3v) is 13.7. The summed E-state index contributed by atoms with van der Waals surface area (Å²) in [7, 11) is 0. The quantitative estimate of drug-likeness (QED) is 0.162. The van der Waals surface area contributed by atoms with Gasteiger partial charge in [0.05, 0.1) is 11.8 Å². The van der Waals surface area contributed by atoms with Gasteiger partial charge in [0.1, 0.15) is 22.3 Å². The maximum Gasteiger partial charge on any atom is 0.136 e. The number of rotatable bonds is 5. The molecule has 13 rings (SSSR count). The van der Waals surface area contributed by atoms with Crippen molar-refractivity contribution in [1.29, 1.82) is 0 Å². The lowest BCUT2D eigenvalue weighted by Crippen LogP contribution is -2.06. The van der Waals surface area contributed by atoms with Crippen LogP contribution in [0.4, 0.5) is 0 Å². The molecule has 64 heavy (non-hydrogen) atoms. The molecule has 1 aliphatic heterocycles. The van der Waals surface area contributed by atoms with E-state index in [-0.39, 0.29) is 6.04 Å². The predicted octanol–water partition coefficient (Wildman–Crippen LogP) is 17.1. The van der Waals surface area contributed by atoms with Crippen molar-refractivity contribution in [3.63, 3.8) is 0 Å². The molecule has 3 heteroatoms. The SMILES string of the molecule is CC1=C(c2ccccc2-c2cccc3oc4cccc(-c5ccc6oc7ccccc7c6c5)c4c23)CCC(c2ccc3c4ccccc4c4ccccc4c3c2)N=C1c1ccccc1. The van der Waals surface area contributed by atoms with Gasteiger partial charge < -0.3 is 8.83 Å². The molecule has 0 saturated heterocycles. The highest BCUT2D eigenvalue weighted by Crippen LogP contribution is 2.46.